The van der Waals surface area contributed by atoms with Gasteiger partial charge in [-0.05, 0) is 43.7 Å². The topological polar surface area (TPSA) is 87.3 Å². The second kappa shape index (κ2) is 11.4. The van der Waals surface area contributed by atoms with Crippen LogP contribution in [0.3, 0.4) is 0 Å². The van der Waals surface area contributed by atoms with Gasteiger partial charge in [0.1, 0.15) is 0 Å². The molecule has 0 aliphatic carbocycles. The maximum Gasteiger partial charge on any atom is 0.248 e. The first kappa shape index (κ1) is 21.8. The van der Waals surface area contributed by atoms with Crippen molar-refractivity contribution in [2.75, 3.05) is 22.6 Å². The van der Waals surface area contributed by atoms with E-state index in [4.69, 9.17) is 0 Å². The van der Waals surface area contributed by atoms with Gasteiger partial charge in [-0.25, -0.2) is 0 Å². The molecule has 0 saturated carbocycles. The van der Waals surface area contributed by atoms with Crippen LogP contribution in [0.15, 0.2) is 53.4 Å². The van der Waals surface area contributed by atoms with Crippen molar-refractivity contribution in [1.29, 1.82) is 0 Å². The molecule has 8 heteroatoms. The number of thioether (sulfide) groups is 2. The quantitative estimate of drug-likeness (QED) is 0.454. The minimum atomic E-state index is -0.359. The number of nitrogens with one attached hydrogen (secondary N) is 3. The number of hydrazine groups is 1. The fraction of sp³-hybridized carbons (Fsp3) is 0.250. The van der Waals surface area contributed by atoms with Crippen LogP contribution in [0.2, 0.25) is 0 Å². The maximum atomic E-state index is 11.9. The highest BCUT2D eigenvalue weighted by molar-refractivity contribution is 8.00. The summed E-state index contributed by atoms with van der Waals surface area (Å²) in [5, 5.41) is 2.78. The molecule has 3 amide bonds. The lowest BCUT2D eigenvalue weighted by atomic mass is 10.2. The van der Waals surface area contributed by atoms with Crippen LogP contribution in [0.4, 0.5) is 5.69 Å². The second-order valence-electron chi connectivity index (χ2n) is 6.11. The molecule has 0 saturated heterocycles. The van der Waals surface area contributed by atoms with Crippen LogP contribution in [-0.2, 0) is 14.4 Å². The van der Waals surface area contributed by atoms with E-state index < -0.39 is 0 Å². The lowest BCUT2D eigenvalue weighted by Crippen LogP contribution is -2.43. The Morgan fingerprint density at radius 1 is 0.786 bits per heavy atom. The number of anilines is 1. The highest BCUT2D eigenvalue weighted by Gasteiger charge is 2.08. The molecule has 0 bridgehead atoms. The Morgan fingerprint density at radius 3 is 2.11 bits per heavy atom. The molecule has 148 valence electrons. The van der Waals surface area contributed by atoms with E-state index in [1.807, 2.05) is 62.4 Å². The number of aryl methyl sites for hydroxylation is 2. The minimum absolute atomic E-state index is 0.0760. The van der Waals surface area contributed by atoms with E-state index in [1.54, 1.807) is 0 Å². The summed E-state index contributed by atoms with van der Waals surface area (Å²) in [7, 11) is 0. The molecule has 0 unspecified atom stereocenters. The van der Waals surface area contributed by atoms with Crippen LogP contribution in [0, 0.1) is 13.8 Å². The fourth-order valence-electron chi connectivity index (χ4n) is 2.15. The van der Waals surface area contributed by atoms with Gasteiger partial charge in [0.25, 0.3) is 0 Å². The standard InChI is InChI=1S/C20H23N3O3S2/c1-14-6-8-17(9-7-14)28-13-20(26)23-22-19(25)12-27-11-18(24)21-16-5-3-4-15(2)10-16/h3-10H,11-13H2,1-2H3,(H,21,24)(H,22,25)(H,23,26). The summed E-state index contributed by atoms with van der Waals surface area (Å²) in [6, 6.07) is 15.4. The monoisotopic (exact) mass is 417 g/mol. The Bertz CT molecular complexity index is 826. The molecule has 0 aromatic heterocycles. The second-order valence-corrected chi connectivity index (χ2v) is 8.14. The molecule has 0 aliphatic heterocycles. The summed E-state index contributed by atoms with van der Waals surface area (Å²) in [5.74, 6) is -0.397. The molecule has 0 aliphatic rings. The number of amides is 3. The van der Waals surface area contributed by atoms with Gasteiger partial charge in [-0.2, -0.15) is 0 Å². The van der Waals surface area contributed by atoms with Gasteiger partial charge < -0.3 is 5.32 Å². The van der Waals surface area contributed by atoms with Gasteiger partial charge in [-0.3, -0.25) is 25.2 Å². The summed E-state index contributed by atoms with van der Waals surface area (Å²) < 4.78 is 0. The molecule has 0 radical (unpaired) electrons. The summed E-state index contributed by atoms with van der Waals surface area (Å²) in [5.41, 5.74) is 7.67. The third-order valence-corrected chi connectivity index (χ3v) is 5.45. The summed E-state index contributed by atoms with van der Waals surface area (Å²) in [6.07, 6.45) is 0. The van der Waals surface area contributed by atoms with Crippen LogP contribution in [0.25, 0.3) is 0 Å². The number of hydrogen-bond acceptors (Lipinski definition) is 5. The number of benzene rings is 2. The molecule has 2 aromatic rings. The van der Waals surface area contributed by atoms with Gasteiger partial charge in [0.05, 0.1) is 17.3 Å². The summed E-state index contributed by atoms with van der Waals surface area (Å²) >= 11 is 2.57. The predicted octanol–water partition coefficient (Wildman–Crippen LogP) is 2.91. The Hall–Kier alpha value is -2.45. The van der Waals surface area contributed by atoms with E-state index in [9.17, 15) is 14.4 Å². The molecule has 0 spiro atoms. The van der Waals surface area contributed by atoms with Crippen molar-refractivity contribution in [3.8, 4) is 0 Å². The maximum absolute atomic E-state index is 11.9. The van der Waals surface area contributed by atoms with Gasteiger partial charge >= 0.3 is 0 Å². The predicted molar refractivity (Wildman–Crippen MR) is 115 cm³/mol. The van der Waals surface area contributed by atoms with E-state index in [0.29, 0.717) is 0 Å². The third-order valence-electron chi connectivity index (χ3n) is 3.50. The van der Waals surface area contributed by atoms with E-state index in [-0.39, 0.29) is 35.0 Å². The molecule has 3 N–H and O–H groups in total. The van der Waals surface area contributed by atoms with Gasteiger partial charge in [0.15, 0.2) is 0 Å². The highest BCUT2D eigenvalue weighted by Crippen LogP contribution is 2.17. The zero-order chi connectivity index (χ0) is 20.4. The molecule has 28 heavy (non-hydrogen) atoms. The fourth-order valence-corrected chi connectivity index (χ4v) is 3.47. The highest BCUT2D eigenvalue weighted by atomic mass is 32.2. The molecular weight excluding hydrogens is 394 g/mol. The Kier molecular flexibility index (Phi) is 8.90. The van der Waals surface area contributed by atoms with E-state index >= 15 is 0 Å². The first-order valence-electron chi connectivity index (χ1n) is 8.64. The Labute approximate surface area is 173 Å². The van der Waals surface area contributed by atoms with Gasteiger partial charge in [-0.15, -0.1) is 23.5 Å². The SMILES string of the molecule is Cc1ccc(SCC(=O)NNC(=O)CSCC(=O)Nc2cccc(C)c2)cc1. The molecule has 6 nitrogen and oxygen atoms in total. The number of carbonyl (C=O) groups is 3. The molecule has 2 rings (SSSR count). The Morgan fingerprint density at radius 2 is 1.43 bits per heavy atom. The van der Waals surface area contributed by atoms with E-state index in [2.05, 4.69) is 16.2 Å². The zero-order valence-corrected chi connectivity index (χ0v) is 17.4. The first-order chi connectivity index (χ1) is 13.4. The van der Waals surface area contributed by atoms with Gasteiger partial charge in [0, 0.05) is 10.6 Å². The summed E-state index contributed by atoms with van der Waals surface area (Å²) in [6.45, 7) is 3.95. The van der Waals surface area contributed by atoms with Crippen molar-refractivity contribution in [2.45, 2.75) is 18.7 Å². The van der Waals surface area contributed by atoms with Crippen LogP contribution in [0.1, 0.15) is 11.1 Å². The Balaban J connectivity index is 1.58. The lowest BCUT2D eigenvalue weighted by molar-refractivity contribution is -0.126. The van der Waals surface area contributed by atoms with Crippen molar-refractivity contribution in [1.82, 2.24) is 10.9 Å². The molecule has 0 heterocycles. The number of rotatable bonds is 8. The van der Waals surface area contributed by atoms with Gasteiger partial charge in [-0.1, -0.05) is 29.8 Å². The third kappa shape index (κ3) is 8.49. The average Bonchev–Trinajstić information content (AvgIpc) is 2.66. The largest absolute Gasteiger partial charge is 0.325 e. The van der Waals surface area contributed by atoms with Crippen LogP contribution in [0.5, 0.6) is 0 Å². The number of hydrogen-bond donors (Lipinski definition) is 3. The van der Waals surface area contributed by atoms with E-state index in [1.165, 1.54) is 23.5 Å². The van der Waals surface area contributed by atoms with Crippen molar-refractivity contribution < 1.29 is 14.4 Å². The number of carbonyl (C=O) groups excluding carboxylic acids is 3. The van der Waals surface area contributed by atoms with Crippen molar-refractivity contribution in [3.05, 3.63) is 59.7 Å². The normalized spacial score (nSPS) is 10.2. The van der Waals surface area contributed by atoms with Crippen molar-refractivity contribution in [2.24, 2.45) is 0 Å². The van der Waals surface area contributed by atoms with Crippen LogP contribution < -0.4 is 16.2 Å². The smallest absolute Gasteiger partial charge is 0.248 e. The molecule has 2 aromatic carbocycles. The van der Waals surface area contributed by atoms with Crippen molar-refractivity contribution >= 4 is 46.9 Å². The van der Waals surface area contributed by atoms with Gasteiger partial charge in [0.2, 0.25) is 17.7 Å². The molecule has 0 atom stereocenters. The van der Waals surface area contributed by atoms with Crippen LogP contribution >= 0.6 is 23.5 Å². The first-order valence-corrected chi connectivity index (χ1v) is 10.8. The summed E-state index contributed by atoms with van der Waals surface area (Å²) in [4.78, 5) is 36.4. The minimum Gasteiger partial charge on any atom is -0.325 e. The molecular formula is C20H23N3O3S2. The lowest BCUT2D eigenvalue weighted by Gasteiger charge is -2.08. The van der Waals surface area contributed by atoms with E-state index in [0.717, 1.165) is 21.7 Å². The van der Waals surface area contributed by atoms with Crippen molar-refractivity contribution in [3.63, 3.8) is 0 Å². The van der Waals surface area contributed by atoms with Crippen LogP contribution in [-0.4, -0.2) is 35.0 Å². The average molecular weight is 418 g/mol. The zero-order valence-electron chi connectivity index (χ0n) is 15.8. The molecule has 0 fully saturated rings.